The predicted molar refractivity (Wildman–Crippen MR) is 83.6 cm³/mol. The number of H-pyrrole nitrogens is 1. The summed E-state index contributed by atoms with van der Waals surface area (Å²) in [6.07, 6.45) is 7.96. The largest absolute Gasteiger partial charge is 0.473 e. The Bertz CT molecular complexity index is 726. The molecule has 1 N–H and O–H groups in total. The van der Waals surface area contributed by atoms with Gasteiger partial charge in [-0.05, 0) is 6.92 Å². The Morgan fingerprint density at radius 1 is 1.42 bits per heavy atom. The topological polar surface area (TPSA) is 93.2 Å². The van der Waals surface area contributed by atoms with Crippen LogP contribution in [0.25, 0.3) is 0 Å². The maximum atomic E-state index is 12.4. The molecule has 1 spiro atoms. The Morgan fingerprint density at radius 2 is 2.29 bits per heavy atom. The number of hydrogen-bond donors (Lipinski definition) is 1. The Balaban J connectivity index is 1.37. The summed E-state index contributed by atoms with van der Waals surface area (Å²) in [7, 11) is 0. The molecule has 8 nitrogen and oxygen atoms in total. The first-order valence-electron chi connectivity index (χ1n) is 8.01. The molecular formula is C16H19N5O3. The number of aryl methyl sites for hydroxylation is 1. The summed E-state index contributed by atoms with van der Waals surface area (Å²) in [5.41, 5.74) is 0.952. The first kappa shape index (κ1) is 15.1. The van der Waals surface area contributed by atoms with Crippen LogP contribution in [0.15, 0.2) is 24.9 Å². The molecule has 126 valence electrons. The predicted octanol–water partition coefficient (Wildman–Crippen LogP) is 0.961. The van der Waals surface area contributed by atoms with E-state index < -0.39 is 0 Å². The van der Waals surface area contributed by atoms with Crippen molar-refractivity contribution in [3.05, 3.63) is 36.3 Å². The number of aromatic amines is 1. The average molecular weight is 329 g/mol. The van der Waals surface area contributed by atoms with Gasteiger partial charge in [-0.15, -0.1) is 0 Å². The number of hydrogen-bond acceptors (Lipinski definition) is 6. The fraction of sp³-hybridized carbons (Fsp3) is 0.500. The van der Waals surface area contributed by atoms with Crippen molar-refractivity contribution in [2.24, 2.45) is 0 Å². The number of nitrogens with zero attached hydrogens (tertiary/aromatic N) is 4. The first-order valence-corrected chi connectivity index (χ1v) is 8.01. The van der Waals surface area contributed by atoms with Gasteiger partial charge in [-0.3, -0.25) is 9.78 Å². The van der Waals surface area contributed by atoms with Gasteiger partial charge in [0.05, 0.1) is 32.2 Å². The van der Waals surface area contributed by atoms with Crippen LogP contribution in [0.1, 0.15) is 29.0 Å². The maximum Gasteiger partial charge on any atom is 0.274 e. The Kier molecular flexibility index (Phi) is 3.68. The number of amides is 1. The number of aromatic nitrogens is 4. The van der Waals surface area contributed by atoms with Crippen LogP contribution in [-0.4, -0.2) is 62.1 Å². The maximum absolute atomic E-state index is 12.4. The van der Waals surface area contributed by atoms with Crippen molar-refractivity contribution >= 4 is 5.91 Å². The first-order chi connectivity index (χ1) is 11.7. The van der Waals surface area contributed by atoms with Gasteiger partial charge in [-0.25, -0.2) is 9.97 Å². The highest BCUT2D eigenvalue weighted by Gasteiger charge is 2.50. The van der Waals surface area contributed by atoms with E-state index in [4.69, 9.17) is 9.47 Å². The minimum atomic E-state index is -0.314. The van der Waals surface area contributed by atoms with Crippen molar-refractivity contribution in [2.45, 2.75) is 31.5 Å². The summed E-state index contributed by atoms with van der Waals surface area (Å²) in [6.45, 7) is 3.60. The summed E-state index contributed by atoms with van der Waals surface area (Å²) in [5, 5.41) is 0. The summed E-state index contributed by atoms with van der Waals surface area (Å²) in [6, 6.07) is 0. The van der Waals surface area contributed by atoms with Crippen molar-refractivity contribution in [3.63, 3.8) is 0 Å². The van der Waals surface area contributed by atoms with E-state index in [9.17, 15) is 4.79 Å². The van der Waals surface area contributed by atoms with Crippen molar-refractivity contribution < 1.29 is 14.3 Å². The zero-order valence-corrected chi connectivity index (χ0v) is 13.4. The molecule has 2 aliphatic rings. The highest BCUT2D eigenvalue weighted by atomic mass is 16.5. The van der Waals surface area contributed by atoms with E-state index in [0.29, 0.717) is 31.3 Å². The van der Waals surface area contributed by atoms with E-state index in [1.54, 1.807) is 29.8 Å². The van der Waals surface area contributed by atoms with Crippen LogP contribution in [0.5, 0.6) is 5.88 Å². The summed E-state index contributed by atoms with van der Waals surface area (Å²) in [4.78, 5) is 29.4. The van der Waals surface area contributed by atoms with Gasteiger partial charge >= 0.3 is 0 Å². The van der Waals surface area contributed by atoms with Gasteiger partial charge in [0.1, 0.15) is 17.4 Å². The third-order valence-electron chi connectivity index (χ3n) is 4.55. The minimum Gasteiger partial charge on any atom is -0.473 e. The Hall–Kier alpha value is -2.48. The molecule has 24 heavy (non-hydrogen) atoms. The molecular weight excluding hydrogens is 310 g/mol. The smallest absolute Gasteiger partial charge is 0.274 e. The van der Waals surface area contributed by atoms with Gasteiger partial charge < -0.3 is 19.4 Å². The lowest BCUT2D eigenvalue weighted by atomic mass is 9.84. The monoisotopic (exact) mass is 329 g/mol. The third kappa shape index (κ3) is 2.73. The third-order valence-corrected chi connectivity index (χ3v) is 4.55. The summed E-state index contributed by atoms with van der Waals surface area (Å²) < 4.78 is 11.9. The quantitative estimate of drug-likeness (QED) is 0.901. The second-order valence-electron chi connectivity index (χ2n) is 6.35. The fourth-order valence-electron chi connectivity index (χ4n) is 3.34. The Morgan fingerprint density at radius 3 is 3.00 bits per heavy atom. The van der Waals surface area contributed by atoms with Crippen LogP contribution < -0.4 is 4.74 Å². The zero-order valence-electron chi connectivity index (χ0n) is 13.4. The van der Waals surface area contributed by atoms with E-state index in [-0.39, 0.29) is 17.6 Å². The number of carbonyl (C=O) groups is 1. The SMILES string of the molecule is Cc1[nH]cnc1C(=O)N1CC2(C[C@H](Oc3cnccn3)CCO2)C1. The van der Waals surface area contributed by atoms with E-state index in [2.05, 4.69) is 19.9 Å². The van der Waals surface area contributed by atoms with Gasteiger partial charge in [0.2, 0.25) is 5.88 Å². The zero-order chi connectivity index (χ0) is 16.6. The van der Waals surface area contributed by atoms with E-state index in [1.807, 2.05) is 6.92 Å². The molecule has 0 aromatic carbocycles. The van der Waals surface area contributed by atoms with Gasteiger partial charge in [0.25, 0.3) is 5.91 Å². The van der Waals surface area contributed by atoms with Crippen LogP contribution in [0.4, 0.5) is 0 Å². The number of ether oxygens (including phenoxy) is 2. The van der Waals surface area contributed by atoms with E-state index >= 15 is 0 Å². The molecule has 0 aliphatic carbocycles. The molecule has 8 heteroatoms. The van der Waals surface area contributed by atoms with Gasteiger partial charge in [-0.1, -0.05) is 0 Å². The minimum absolute atomic E-state index is 0.0276. The molecule has 2 aliphatic heterocycles. The molecule has 0 bridgehead atoms. The molecule has 0 unspecified atom stereocenters. The number of likely N-dealkylation sites (tertiary alicyclic amines) is 1. The van der Waals surface area contributed by atoms with Crippen LogP contribution in [0.2, 0.25) is 0 Å². The molecule has 2 saturated heterocycles. The lowest BCUT2D eigenvalue weighted by Gasteiger charge is -2.52. The number of rotatable bonds is 3. The summed E-state index contributed by atoms with van der Waals surface area (Å²) in [5.74, 6) is 0.471. The summed E-state index contributed by atoms with van der Waals surface area (Å²) >= 11 is 0. The molecule has 0 saturated carbocycles. The number of carbonyl (C=O) groups excluding carboxylic acids is 1. The highest BCUT2D eigenvalue weighted by Crippen LogP contribution is 2.36. The van der Waals surface area contributed by atoms with E-state index in [1.165, 1.54) is 0 Å². The van der Waals surface area contributed by atoms with Crippen LogP contribution in [0, 0.1) is 6.92 Å². The molecule has 1 amide bonds. The highest BCUT2D eigenvalue weighted by molar-refractivity contribution is 5.94. The lowest BCUT2D eigenvalue weighted by molar-refractivity contribution is -0.174. The number of nitrogens with one attached hydrogen (secondary N) is 1. The van der Waals surface area contributed by atoms with E-state index in [0.717, 1.165) is 18.5 Å². The van der Waals surface area contributed by atoms with Crippen molar-refractivity contribution in [3.8, 4) is 5.88 Å². The standard InChI is InChI=1S/C16H19N5O3/c1-11-14(20-10-19-11)15(22)21-8-16(9-21)6-12(2-5-23-16)24-13-7-17-3-4-18-13/h3-4,7,10,12H,2,5-6,8-9H2,1H3,(H,19,20)/t12-/m1/s1. The normalized spacial score (nSPS) is 22.2. The van der Waals surface area contributed by atoms with Gasteiger partial charge in [0, 0.05) is 30.9 Å². The van der Waals surface area contributed by atoms with Crippen molar-refractivity contribution in [1.29, 1.82) is 0 Å². The van der Waals surface area contributed by atoms with Crippen LogP contribution in [0.3, 0.4) is 0 Å². The lowest BCUT2D eigenvalue weighted by Crippen LogP contribution is -2.67. The second kappa shape index (κ2) is 5.86. The molecule has 2 aromatic heterocycles. The molecule has 0 radical (unpaired) electrons. The van der Waals surface area contributed by atoms with Crippen LogP contribution >= 0.6 is 0 Å². The van der Waals surface area contributed by atoms with Crippen LogP contribution in [-0.2, 0) is 4.74 Å². The average Bonchev–Trinajstić information content (AvgIpc) is 2.99. The van der Waals surface area contributed by atoms with Crippen molar-refractivity contribution in [1.82, 2.24) is 24.8 Å². The molecule has 2 aromatic rings. The van der Waals surface area contributed by atoms with Crippen molar-refractivity contribution in [2.75, 3.05) is 19.7 Å². The molecule has 1 atom stereocenters. The molecule has 2 fully saturated rings. The number of imidazole rings is 1. The Labute approximate surface area is 139 Å². The second-order valence-corrected chi connectivity index (χ2v) is 6.35. The molecule has 4 heterocycles. The van der Waals surface area contributed by atoms with Gasteiger partial charge in [0.15, 0.2) is 0 Å². The van der Waals surface area contributed by atoms with Gasteiger partial charge in [-0.2, -0.15) is 0 Å². The fourth-order valence-corrected chi connectivity index (χ4v) is 3.34. The molecule has 4 rings (SSSR count).